The molecule has 2 aromatic rings. The van der Waals surface area contributed by atoms with Gasteiger partial charge in [0.2, 0.25) is 0 Å². The average Bonchev–Trinajstić information content (AvgIpc) is 2.93. The topological polar surface area (TPSA) is 26.8 Å². The van der Waals surface area contributed by atoms with Crippen molar-refractivity contribution in [1.82, 2.24) is 4.90 Å². The van der Waals surface area contributed by atoms with Gasteiger partial charge >= 0.3 is 0 Å². The van der Waals surface area contributed by atoms with Gasteiger partial charge in [-0.3, -0.25) is 4.79 Å². The number of rotatable bonds is 3. The van der Waals surface area contributed by atoms with Crippen LogP contribution in [0.3, 0.4) is 0 Å². The summed E-state index contributed by atoms with van der Waals surface area (Å²) in [4.78, 5) is 19.3. The Hall–Kier alpha value is -1.56. The molecular weight excluding hydrogens is 330 g/mol. The Kier molecular flexibility index (Phi) is 5.34. The van der Waals surface area contributed by atoms with E-state index in [1.807, 2.05) is 55.0 Å². The molecule has 1 aliphatic heterocycles. The van der Waals surface area contributed by atoms with Gasteiger partial charge in [0.15, 0.2) is 0 Å². The first-order chi connectivity index (χ1) is 10.5. The third-order valence-electron chi connectivity index (χ3n) is 4.02. The number of amides is 1. The number of thiophene rings is 1. The number of carbonyl (C=O) groups is 1. The number of likely N-dealkylation sites (N-methyl/N-ethyl adjacent to an activating group) is 1. The summed E-state index contributed by atoms with van der Waals surface area (Å²) >= 11 is 1.57. The second-order valence-electron chi connectivity index (χ2n) is 6.00. The fourth-order valence-corrected chi connectivity index (χ4v) is 3.92. The van der Waals surface area contributed by atoms with E-state index < -0.39 is 0 Å². The Morgan fingerprint density at radius 1 is 1.13 bits per heavy atom. The Balaban J connectivity index is 0.00000192. The van der Waals surface area contributed by atoms with Crippen LogP contribution in [0, 0.1) is 0 Å². The SMILES string of the molecule is CC(CN(C)C)N1C(=O)c2cscc2N(C)c2ccccc21.Cl. The number of anilines is 3. The molecule has 0 bridgehead atoms. The number of halogens is 1. The van der Waals surface area contributed by atoms with Gasteiger partial charge in [-0.15, -0.1) is 23.7 Å². The highest BCUT2D eigenvalue weighted by atomic mass is 35.5. The predicted octanol–water partition coefficient (Wildman–Crippen LogP) is 3.85. The maximum atomic E-state index is 13.1. The van der Waals surface area contributed by atoms with E-state index in [1.54, 1.807) is 11.3 Å². The van der Waals surface area contributed by atoms with Gasteiger partial charge in [-0.1, -0.05) is 12.1 Å². The second kappa shape index (κ2) is 6.91. The molecule has 0 N–H and O–H groups in total. The lowest BCUT2D eigenvalue weighted by Gasteiger charge is -2.31. The maximum Gasteiger partial charge on any atom is 0.261 e. The predicted molar refractivity (Wildman–Crippen MR) is 101 cm³/mol. The third kappa shape index (κ3) is 3.09. The van der Waals surface area contributed by atoms with Crippen molar-refractivity contribution < 1.29 is 4.79 Å². The van der Waals surface area contributed by atoms with Crippen LogP contribution in [0.1, 0.15) is 17.3 Å². The molecule has 1 amide bonds. The zero-order valence-electron chi connectivity index (χ0n) is 13.8. The van der Waals surface area contributed by atoms with Crippen molar-refractivity contribution in [3.63, 3.8) is 0 Å². The number of hydrogen-bond donors (Lipinski definition) is 0. The Morgan fingerprint density at radius 3 is 2.43 bits per heavy atom. The summed E-state index contributed by atoms with van der Waals surface area (Å²) in [5, 5.41) is 4.00. The highest BCUT2D eigenvalue weighted by molar-refractivity contribution is 7.08. The van der Waals surface area contributed by atoms with Crippen LogP contribution in [-0.4, -0.2) is 44.5 Å². The first-order valence-electron chi connectivity index (χ1n) is 7.38. The lowest BCUT2D eigenvalue weighted by Crippen LogP contribution is -2.43. The minimum absolute atomic E-state index is 0. The first-order valence-corrected chi connectivity index (χ1v) is 8.32. The van der Waals surface area contributed by atoms with E-state index >= 15 is 0 Å². The molecule has 0 saturated heterocycles. The van der Waals surface area contributed by atoms with Gasteiger partial charge in [-0.05, 0) is 33.2 Å². The van der Waals surface area contributed by atoms with Crippen LogP contribution in [0.25, 0.3) is 0 Å². The highest BCUT2D eigenvalue weighted by Gasteiger charge is 2.32. The van der Waals surface area contributed by atoms with E-state index in [0.29, 0.717) is 0 Å². The van der Waals surface area contributed by atoms with E-state index in [9.17, 15) is 4.79 Å². The molecule has 1 aromatic carbocycles. The van der Waals surface area contributed by atoms with Crippen LogP contribution in [0.5, 0.6) is 0 Å². The van der Waals surface area contributed by atoms with Crippen LogP contribution >= 0.6 is 23.7 Å². The Bertz CT molecular complexity index is 701. The zero-order chi connectivity index (χ0) is 15.9. The van der Waals surface area contributed by atoms with Crippen LogP contribution in [0.4, 0.5) is 17.1 Å². The van der Waals surface area contributed by atoms with Crippen LogP contribution < -0.4 is 9.80 Å². The van der Waals surface area contributed by atoms with Crippen molar-refractivity contribution in [3.05, 3.63) is 40.6 Å². The molecule has 1 aliphatic rings. The molecule has 6 heteroatoms. The Labute approximate surface area is 147 Å². The van der Waals surface area contributed by atoms with Gasteiger partial charge in [0.25, 0.3) is 5.91 Å². The smallest absolute Gasteiger partial charge is 0.261 e. The molecule has 0 radical (unpaired) electrons. The van der Waals surface area contributed by atoms with Crippen molar-refractivity contribution in [2.75, 3.05) is 37.5 Å². The summed E-state index contributed by atoms with van der Waals surface area (Å²) in [7, 11) is 6.09. The van der Waals surface area contributed by atoms with E-state index in [1.165, 1.54) is 0 Å². The maximum absolute atomic E-state index is 13.1. The number of carbonyl (C=O) groups excluding carboxylic acids is 1. The molecule has 1 atom stereocenters. The van der Waals surface area contributed by atoms with Crippen molar-refractivity contribution in [1.29, 1.82) is 0 Å². The summed E-state index contributed by atoms with van der Waals surface area (Å²) in [5.41, 5.74) is 3.82. The van der Waals surface area contributed by atoms with Gasteiger partial charge in [-0.2, -0.15) is 0 Å². The molecule has 0 spiro atoms. The van der Waals surface area contributed by atoms with Gasteiger partial charge in [-0.25, -0.2) is 0 Å². The van der Waals surface area contributed by atoms with Gasteiger partial charge in [0, 0.05) is 30.4 Å². The molecule has 0 fully saturated rings. The fraction of sp³-hybridized carbons (Fsp3) is 0.353. The summed E-state index contributed by atoms with van der Waals surface area (Å²) in [6.07, 6.45) is 0. The minimum Gasteiger partial charge on any atom is -0.342 e. The Morgan fingerprint density at radius 2 is 1.78 bits per heavy atom. The lowest BCUT2D eigenvalue weighted by molar-refractivity contribution is 0.0976. The monoisotopic (exact) mass is 351 g/mol. The largest absolute Gasteiger partial charge is 0.342 e. The minimum atomic E-state index is 0. The fourth-order valence-electron chi connectivity index (χ4n) is 3.08. The van der Waals surface area contributed by atoms with Gasteiger partial charge < -0.3 is 14.7 Å². The standard InChI is InChI=1S/C17H21N3OS.ClH/c1-12(9-18(2)3)20-15-8-6-5-7-14(15)19(4)16-11-22-10-13(16)17(20)21;/h5-8,10-12H,9H2,1-4H3;1H. The van der Waals surface area contributed by atoms with Crippen molar-refractivity contribution in [2.45, 2.75) is 13.0 Å². The molecule has 3 rings (SSSR count). The summed E-state index contributed by atoms with van der Waals surface area (Å²) in [6, 6.07) is 8.22. The molecule has 0 aliphatic carbocycles. The third-order valence-corrected chi connectivity index (χ3v) is 4.76. The number of benzene rings is 1. The molecule has 0 saturated carbocycles. The zero-order valence-corrected chi connectivity index (χ0v) is 15.4. The number of para-hydroxylation sites is 2. The van der Waals surface area contributed by atoms with E-state index in [4.69, 9.17) is 0 Å². The van der Waals surface area contributed by atoms with Crippen molar-refractivity contribution in [2.24, 2.45) is 0 Å². The van der Waals surface area contributed by atoms with Gasteiger partial charge in [0.1, 0.15) is 0 Å². The second-order valence-corrected chi connectivity index (χ2v) is 6.75. The van der Waals surface area contributed by atoms with Crippen molar-refractivity contribution >= 4 is 46.7 Å². The lowest BCUT2D eigenvalue weighted by atomic mass is 10.1. The molecular formula is C17H22ClN3OS. The molecule has 4 nitrogen and oxygen atoms in total. The number of nitrogens with zero attached hydrogens (tertiary/aromatic N) is 3. The summed E-state index contributed by atoms with van der Waals surface area (Å²) in [6.45, 7) is 2.93. The molecule has 23 heavy (non-hydrogen) atoms. The molecule has 124 valence electrons. The average molecular weight is 352 g/mol. The van der Waals surface area contributed by atoms with Crippen molar-refractivity contribution in [3.8, 4) is 0 Å². The van der Waals surface area contributed by atoms with Crippen LogP contribution in [0.15, 0.2) is 35.0 Å². The quantitative estimate of drug-likeness (QED) is 0.840. The number of hydrogen-bond acceptors (Lipinski definition) is 4. The highest BCUT2D eigenvalue weighted by Crippen LogP contribution is 2.41. The number of fused-ring (bicyclic) bond motifs is 2. The molecule has 1 unspecified atom stereocenters. The van der Waals surface area contributed by atoms with Crippen LogP contribution in [-0.2, 0) is 0 Å². The van der Waals surface area contributed by atoms with E-state index in [-0.39, 0.29) is 24.4 Å². The summed E-state index contributed by atoms with van der Waals surface area (Å²) in [5.74, 6) is 0.0856. The van der Waals surface area contributed by atoms with Gasteiger partial charge in [0.05, 0.1) is 22.6 Å². The normalized spacial score (nSPS) is 14.9. The van der Waals surface area contributed by atoms with E-state index in [0.717, 1.165) is 29.2 Å². The van der Waals surface area contributed by atoms with Crippen LogP contribution in [0.2, 0.25) is 0 Å². The summed E-state index contributed by atoms with van der Waals surface area (Å²) < 4.78 is 0. The van der Waals surface area contributed by atoms with E-state index in [2.05, 4.69) is 22.8 Å². The first kappa shape index (κ1) is 17.8. The molecule has 1 aromatic heterocycles. The molecule has 2 heterocycles.